The Balaban J connectivity index is 1.68. The number of aliphatic hydroxyl groups excluding tert-OH is 3. The van der Waals surface area contributed by atoms with Crippen LogP contribution in [0.2, 0.25) is 0 Å². The first-order valence-electron chi connectivity index (χ1n) is 15.7. The van der Waals surface area contributed by atoms with Gasteiger partial charge >= 0.3 is 22.4 Å². The van der Waals surface area contributed by atoms with Crippen molar-refractivity contribution in [2.75, 3.05) is 36.7 Å². The van der Waals surface area contributed by atoms with Crippen LogP contribution in [-0.2, 0) is 29.2 Å². The zero-order chi connectivity index (χ0) is 36.5. The maximum Gasteiger partial charge on any atom is 0.397 e. The van der Waals surface area contributed by atoms with Gasteiger partial charge in [0.25, 0.3) is 0 Å². The van der Waals surface area contributed by atoms with Crippen molar-refractivity contribution in [1.82, 2.24) is 5.32 Å². The lowest BCUT2D eigenvalue weighted by atomic mass is 9.69. The second kappa shape index (κ2) is 14.7. The molecule has 2 heterocycles. The Labute approximate surface area is 284 Å². The number of aliphatic hydroxyl groups is 3. The van der Waals surface area contributed by atoms with Crippen molar-refractivity contribution in [3.63, 3.8) is 0 Å². The Morgan fingerprint density at radius 2 is 1.80 bits per heavy atom. The number of unbranched alkanes of at least 4 members (excludes halogenated alkanes) is 1. The lowest BCUT2D eigenvalue weighted by molar-refractivity contribution is -0.295. The van der Waals surface area contributed by atoms with Gasteiger partial charge in [-0.1, -0.05) is 38.8 Å². The first-order chi connectivity index (χ1) is 22.8. The monoisotopic (exact) mass is 735 g/mol. The summed E-state index contributed by atoms with van der Waals surface area (Å²) in [5, 5.41) is 37.0. The van der Waals surface area contributed by atoms with Gasteiger partial charge in [0, 0.05) is 36.8 Å². The van der Waals surface area contributed by atoms with Crippen LogP contribution in [0.25, 0.3) is 0 Å². The summed E-state index contributed by atoms with van der Waals surface area (Å²) in [6, 6.07) is 10.2. The number of nitrogens with zero attached hydrogens (tertiary/aromatic N) is 1. The molecule has 0 saturated carbocycles. The topological polar surface area (TPSA) is 212 Å². The molecule has 2 aromatic carbocycles. The number of halogens is 2. The number of fused-ring (bicyclic) bond motifs is 1. The van der Waals surface area contributed by atoms with Crippen molar-refractivity contribution in [2.24, 2.45) is 5.41 Å². The molecule has 0 aliphatic carbocycles. The zero-order valence-electron chi connectivity index (χ0n) is 27.4. The number of rotatable bonds is 11. The summed E-state index contributed by atoms with van der Waals surface area (Å²) < 4.78 is 96.4. The molecule has 0 aromatic heterocycles. The summed E-state index contributed by atoms with van der Waals surface area (Å²) in [5.41, 5.74) is 0.707. The van der Waals surface area contributed by atoms with Crippen LogP contribution >= 0.6 is 0 Å². The Bertz CT molecular complexity index is 1730. The van der Waals surface area contributed by atoms with E-state index in [-0.39, 0.29) is 16.3 Å². The van der Waals surface area contributed by atoms with Crippen LogP contribution in [-0.4, -0.2) is 106 Å². The lowest BCUT2D eigenvalue weighted by Crippen LogP contribution is -2.66. The van der Waals surface area contributed by atoms with Crippen molar-refractivity contribution >= 4 is 37.6 Å². The first-order valence-corrected chi connectivity index (χ1v) is 18.7. The molecule has 18 heteroatoms. The SMILES string of the molecule is CCCC[C@]1(CC)CS(=O)(=O)c2ccc(N(C)C)cc2[C@@H](c2cccc(NC(=O)N[C@@H]3O[C@H](COS(=O)(=O)O)C(F)(F)[C@H](O)[C@H]3O)c2)[C@H]1O. The number of carbonyl (C=O) groups excluding carboxylic acids is 1. The third kappa shape index (κ3) is 8.33. The smallest absolute Gasteiger partial charge is 0.392 e. The predicted molar refractivity (Wildman–Crippen MR) is 175 cm³/mol. The fourth-order valence-electron chi connectivity index (χ4n) is 6.46. The summed E-state index contributed by atoms with van der Waals surface area (Å²) in [6.45, 7) is 2.39. The molecular formula is C31H43F2N3O11S2. The Kier molecular flexibility index (Phi) is 11.7. The van der Waals surface area contributed by atoms with Crippen molar-refractivity contribution in [3.8, 4) is 0 Å². The average molecular weight is 736 g/mol. The van der Waals surface area contributed by atoms with Gasteiger partial charge in [-0.3, -0.25) is 4.55 Å². The maximum atomic E-state index is 14.5. The van der Waals surface area contributed by atoms with Crippen LogP contribution < -0.4 is 15.5 Å². The number of amides is 2. The summed E-state index contributed by atoms with van der Waals surface area (Å²) in [5.74, 6) is -5.33. The van der Waals surface area contributed by atoms with E-state index in [1.807, 2.05) is 18.7 Å². The molecule has 2 aromatic rings. The molecule has 4 rings (SSSR count). The molecule has 274 valence electrons. The maximum absolute atomic E-state index is 14.5. The van der Waals surface area contributed by atoms with Crippen molar-refractivity contribution in [1.29, 1.82) is 0 Å². The molecular weight excluding hydrogens is 692 g/mol. The minimum absolute atomic E-state index is 0.0939. The van der Waals surface area contributed by atoms with E-state index in [4.69, 9.17) is 9.29 Å². The van der Waals surface area contributed by atoms with Crippen LogP contribution in [0.4, 0.5) is 25.0 Å². The van der Waals surface area contributed by atoms with Crippen LogP contribution in [0, 0.1) is 5.41 Å². The number of carbonyl (C=O) groups is 1. The number of ether oxygens (including phenoxy) is 1. The molecule has 2 aliphatic rings. The second-order valence-corrected chi connectivity index (χ2v) is 15.8. The van der Waals surface area contributed by atoms with Gasteiger partial charge in [-0.25, -0.2) is 26.2 Å². The Morgan fingerprint density at radius 3 is 2.41 bits per heavy atom. The van der Waals surface area contributed by atoms with E-state index in [0.29, 0.717) is 36.1 Å². The molecule has 2 aliphatic heterocycles. The molecule has 0 unspecified atom stereocenters. The molecule has 6 N–H and O–H groups in total. The third-order valence-electron chi connectivity index (χ3n) is 9.25. The normalized spacial score (nSPS) is 29.3. The number of hydrogen-bond acceptors (Lipinski definition) is 11. The first kappa shape index (κ1) is 38.8. The number of anilines is 2. The number of alkyl halides is 2. The highest BCUT2D eigenvalue weighted by Gasteiger charge is 2.58. The molecule has 1 saturated heterocycles. The molecule has 0 spiro atoms. The van der Waals surface area contributed by atoms with Crippen molar-refractivity contribution in [2.45, 2.75) is 86.9 Å². The highest BCUT2D eigenvalue weighted by Crippen LogP contribution is 2.49. The van der Waals surface area contributed by atoms with E-state index in [0.717, 1.165) is 6.42 Å². The molecule has 1 fully saturated rings. The fourth-order valence-corrected chi connectivity index (χ4v) is 9.01. The van der Waals surface area contributed by atoms with E-state index in [1.165, 1.54) is 12.1 Å². The summed E-state index contributed by atoms with van der Waals surface area (Å²) >= 11 is 0. The fraction of sp³-hybridized carbons (Fsp3) is 0.581. The Morgan fingerprint density at radius 1 is 1.10 bits per heavy atom. The zero-order valence-corrected chi connectivity index (χ0v) is 29.0. The van der Waals surface area contributed by atoms with E-state index in [9.17, 15) is 45.7 Å². The van der Waals surface area contributed by atoms with Crippen LogP contribution in [0.3, 0.4) is 0 Å². The molecule has 7 atom stereocenters. The van der Waals surface area contributed by atoms with E-state index < -0.39 is 80.8 Å². The number of urea groups is 1. The number of sulfone groups is 1. The van der Waals surface area contributed by atoms with Gasteiger partial charge in [0.15, 0.2) is 28.3 Å². The third-order valence-corrected chi connectivity index (χ3v) is 11.7. The van der Waals surface area contributed by atoms with Gasteiger partial charge in [0.1, 0.15) is 12.7 Å². The van der Waals surface area contributed by atoms with E-state index in [2.05, 4.69) is 14.8 Å². The van der Waals surface area contributed by atoms with Gasteiger partial charge in [0.2, 0.25) is 0 Å². The van der Waals surface area contributed by atoms with Gasteiger partial charge in [-0.15, -0.1) is 0 Å². The summed E-state index contributed by atoms with van der Waals surface area (Å²) in [4.78, 5) is 14.9. The molecule has 49 heavy (non-hydrogen) atoms. The van der Waals surface area contributed by atoms with Crippen molar-refractivity contribution < 1.29 is 59.2 Å². The minimum atomic E-state index is -5.16. The second-order valence-electron chi connectivity index (χ2n) is 12.7. The van der Waals surface area contributed by atoms with E-state index in [1.54, 1.807) is 44.4 Å². The minimum Gasteiger partial charge on any atom is -0.392 e. The Hall–Kier alpha value is -2.97. The molecule has 0 bridgehead atoms. The van der Waals surface area contributed by atoms with Crippen molar-refractivity contribution in [3.05, 3.63) is 53.6 Å². The molecule has 2 amide bonds. The average Bonchev–Trinajstić information content (AvgIpc) is 3.09. The van der Waals surface area contributed by atoms with Gasteiger partial charge in [0.05, 0.1) is 16.8 Å². The van der Waals surface area contributed by atoms with Gasteiger partial charge < -0.3 is 35.6 Å². The van der Waals surface area contributed by atoms with Gasteiger partial charge in [-0.05, 0) is 54.3 Å². The highest BCUT2D eigenvalue weighted by atomic mass is 32.3. The van der Waals surface area contributed by atoms with Crippen LogP contribution in [0.15, 0.2) is 47.4 Å². The molecule has 0 radical (unpaired) electrons. The largest absolute Gasteiger partial charge is 0.397 e. The van der Waals surface area contributed by atoms with E-state index >= 15 is 0 Å². The van der Waals surface area contributed by atoms with Crippen LogP contribution in [0.1, 0.15) is 56.6 Å². The lowest BCUT2D eigenvalue weighted by Gasteiger charge is -2.42. The number of hydrogen-bond donors (Lipinski definition) is 6. The van der Waals surface area contributed by atoms with Gasteiger partial charge in [-0.2, -0.15) is 8.42 Å². The predicted octanol–water partition coefficient (Wildman–Crippen LogP) is 2.64. The highest BCUT2D eigenvalue weighted by molar-refractivity contribution is 7.91. The summed E-state index contributed by atoms with van der Waals surface area (Å²) in [7, 11) is -5.41. The van der Waals surface area contributed by atoms with Crippen LogP contribution in [0.5, 0.6) is 0 Å². The number of benzene rings is 2. The quantitative estimate of drug-likeness (QED) is 0.184. The molecule has 14 nitrogen and oxygen atoms in total. The standard InChI is InChI=1S/C31H43F2N3O11S2/c1-5-7-13-30(6-2)17-48(41,42)22-12-11-20(36(3)4)15-21(22)24(26(30)38)18-9-8-10-19(14-18)34-29(40)35-28-25(37)27(39)31(32,33)23(47-28)16-46-49(43,44)45/h8-12,14-15,23-28,37-39H,5-7,13,16-17H2,1-4H3,(H2,34,35,40)(H,43,44,45)/t23-,24-,25-,26-,27-,28-,30-/m1/s1. The summed E-state index contributed by atoms with van der Waals surface area (Å²) in [6.07, 6.45) is -8.48. The number of nitrogens with one attached hydrogen (secondary N) is 2.